The minimum Gasteiger partial charge on any atom is -0.342 e. The lowest BCUT2D eigenvalue weighted by atomic mass is 9.76. The van der Waals surface area contributed by atoms with Crippen molar-refractivity contribution in [3.8, 4) is 0 Å². The minimum atomic E-state index is -0.761. The standard InChI is InChI=1S/C31H50N4O3S/c1-20(2)23(19-21(3)28(37)35-18-14-17-24(35)39)34(10)29(38)26(30(4,5)6)33-27(36)25(32-9)31(7,8)22-15-12-11-13-16-22/h11-13,15-16,19-20,23-26,32,39H,14,17-18H2,1-10H3,(H,33,36)/t23-,24-,25-,26-/m1/s1. The molecule has 1 saturated heterocycles. The SMILES string of the molecule is CN[C@H](C(=O)N[C@H](C(=O)N(C)[C@H](C=C(C)C(=O)N1CCC[C@H]1S)C(C)C)C(C)(C)C)C(C)(C)c1ccccc1. The maximum Gasteiger partial charge on any atom is 0.250 e. The van der Waals surface area contributed by atoms with Crippen molar-refractivity contribution in [1.82, 2.24) is 20.4 Å². The number of hydrogen-bond donors (Lipinski definition) is 3. The molecule has 7 nitrogen and oxygen atoms in total. The summed E-state index contributed by atoms with van der Waals surface area (Å²) < 4.78 is 0. The summed E-state index contributed by atoms with van der Waals surface area (Å²) in [5.74, 6) is -0.401. The first-order valence-corrected chi connectivity index (χ1v) is 14.5. The van der Waals surface area contributed by atoms with Gasteiger partial charge in [-0.2, -0.15) is 12.6 Å². The average Bonchev–Trinajstić information content (AvgIpc) is 3.29. The smallest absolute Gasteiger partial charge is 0.250 e. The first-order chi connectivity index (χ1) is 18.0. The molecule has 1 aliphatic heterocycles. The average molecular weight is 559 g/mol. The van der Waals surface area contributed by atoms with Gasteiger partial charge in [-0.1, -0.05) is 84.9 Å². The van der Waals surface area contributed by atoms with E-state index >= 15 is 0 Å². The summed E-state index contributed by atoms with van der Waals surface area (Å²) in [5, 5.41) is 6.20. The van der Waals surface area contributed by atoms with E-state index in [2.05, 4.69) is 23.3 Å². The molecule has 1 fully saturated rings. The van der Waals surface area contributed by atoms with Gasteiger partial charge in [0.05, 0.1) is 17.5 Å². The zero-order chi connectivity index (χ0) is 29.7. The predicted molar refractivity (Wildman–Crippen MR) is 163 cm³/mol. The summed E-state index contributed by atoms with van der Waals surface area (Å²) in [7, 11) is 3.52. The minimum absolute atomic E-state index is 0.0420. The number of rotatable bonds is 10. The Hall–Kier alpha value is -2.32. The van der Waals surface area contributed by atoms with Gasteiger partial charge in [0.1, 0.15) is 6.04 Å². The Kier molecular flexibility index (Phi) is 11.3. The third kappa shape index (κ3) is 7.88. The molecule has 0 bridgehead atoms. The third-order valence-corrected chi connectivity index (χ3v) is 8.44. The molecule has 1 heterocycles. The normalized spacial score (nSPS) is 19.0. The number of benzene rings is 1. The van der Waals surface area contributed by atoms with Crippen LogP contribution in [0, 0.1) is 11.3 Å². The molecular formula is C31H50N4O3S. The Bertz CT molecular complexity index is 1030. The van der Waals surface area contributed by atoms with Crippen molar-refractivity contribution in [2.75, 3.05) is 20.6 Å². The summed E-state index contributed by atoms with van der Waals surface area (Å²) in [4.78, 5) is 44.3. The lowest BCUT2D eigenvalue weighted by Gasteiger charge is -2.40. The molecule has 218 valence electrons. The van der Waals surface area contributed by atoms with Gasteiger partial charge in [0, 0.05) is 24.6 Å². The van der Waals surface area contributed by atoms with Crippen LogP contribution in [0.25, 0.3) is 0 Å². The van der Waals surface area contributed by atoms with E-state index in [1.165, 1.54) is 0 Å². The van der Waals surface area contributed by atoms with Crippen LogP contribution in [0.2, 0.25) is 0 Å². The number of carbonyl (C=O) groups is 3. The lowest BCUT2D eigenvalue weighted by molar-refractivity contribution is -0.141. The molecule has 1 aliphatic rings. The molecule has 8 heteroatoms. The summed E-state index contributed by atoms with van der Waals surface area (Å²) in [6.07, 6.45) is 3.72. The molecular weight excluding hydrogens is 508 g/mol. The fourth-order valence-corrected chi connectivity index (χ4v) is 5.77. The van der Waals surface area contributed by atoms with Gasteiger partial charge >= 0.3 is 0 Å². The molecule has 0 aliphatic carbocycles. The van der Waals surface area contributed by atoms with E-state index in [0.29, 0.717) is 12.1 Å². The second-order valence-electron chi connectivity index (χ2n) is 12.8. The number of hydrogen-bond acceptors (Lipinski definition) is 5. The number of likely N-dealkylation sites (tertiary alicyclic amines) is 1. The largest absolute Gasteiger partial charge is 0.342 e. The molecule has 0 saturated carbocycles. The van der Waals surface area contributed by atoms with E-state index < -0.39 is 22.9 Å². The zero-order valence-electron chi connectivity index (χ0n) is 25.5. The van der Waals surface area contributed by atoms with Crippen molar-refractivity contribution in [3.05, 3.63) is 47.5 Å². The highest BCUT2D eigenvalue weighted by Crippen LogP contribution is 2.29. The molecule has 0 unspecified atom stereocenters. The van der Waals surface area contributed by atoms with Crippen molar-refractivity contribution in [2.45, 2.75) is 97.1 Å². The highest BCUT2D eigenvalue weighted by molar-refractivity contribution is 7.80. The van der Waals surface area contributed by atoms with E-state index in [9.17, 15) is 14.4 Å². The first-order valence-electron chi connectivity index (χ1n) is 14.0. The number of carbonyl (C=O) groups excluding carboxylic acids is 3. The second kappa shape index (κ2) is 13.4. The Labute approximate surface area is 241 Å². The summed E-state index contributed by atoms with van der Waals surface area (Å²) in [6, 6.07) is 8.27. The van der Waals surface area contributed by atoms with Gasteiger partial charge in [0.25, 0.3) is 0 Å². The van der Waals surface area contributed by atoms with Gasteiger partial charge < -0.3 is 20.4 Å². The van der Waals surface area contributed by atoms with Crippen LogP contribution in [-0.2, 0) is 19.8 Å². The maximum atomic E-state index is 14.0. The number of nitrogens with one attached hydrogen (secondary N) is 2. The van der Waals surface area contributed by atoms with Crippen molar-refractivity contribution in [1.29, 1.82) is 0 Å². The van der Waals surface area contributed by atoms with Crippen LogP contribution >= 0.6 is 12.6 Å². The van der Waals surface area contributed by atoms with Crippen LogP contribution in [0.15, 0.2) is 42.0 Å². The molecule has 0 radical (unpaired) electrons. The van der Waals surface area contributed by atoms with Crippen LogP contribution < -0.4 is 10.6 Å². The van der Waals surface area contributed by atoms with Gasteiger partial charge in [-0.3, -0.25) is 14.4 Å². The van der Waals surface area contributed by atoms with Crippen molar-refractivity contribution >= 4 is 30.4 Å². The van der Waals surface area contributed by atoms with Crippen LogP contribution in [0.1, 0.15) is 73.8 Å². The van der Waals surface area contributed by atoms with Crippen LogP contribution in [0.3, 0.4) is 0 Å². The Morgan fingerprint density at radius 2 is 1.67 bits per heavy atom. The second-order valence-corrected chi connectivity index (χ2v) is 13.4. The van der Waals surface area contributed by atoms with E-state index in [1.807, 2.05) is 84.9 Å². The molecule has 4 atom stereocenters. The van der Waals surface area contributed by atoms with Crippen molar-refractivity contribution in [3.63, 3.8) is 0 Å². The Balaban J connectivity index is 2.32. The predicted octanol–water partition coefficient (Wildman–Crippen LogP) is 4.39. The molecule has 2 N–H and O–H groups in total. The van der Waals surface area contributed by atoms with Gasteiger partial charge in [-0.25, -0.2) is 0 Å². The quantitative estimate of drug-likeness (QED) is 0.294. The third-order valence-electron chi connectivity index (χ3n) is 7.91. The van der Waals surface area contributed by atoms with Crippen molar-refractivity contribution < 1.29 is 14.4 Å². The van der Waals surface area contributed by atoms with Gasteiger partial charge in [-0.15, -0.1) is 0 Å². The fraction of sp³-hybridized carbons (Fsp3) is 0.645. The molecule has 1 aromatic carbocycles. The van der Waals surface area contributed by atoms with Gasteiger partial charge in [0.15, 0.2) is 0 Å². The Morgan fingerprint density at radius 3 is 2.13 bits per heavy atom. The van der Waals surface area contributed by atoms with E-state index in [4.69, 9.17) is 0 Å². The number of thiol groups is 1. The number of nitrogens with zero attached hydrogens (tertiary/aromatic N) is 2. The van der Waals surface area contributed by atoms with Gasteiger partial charge in [0.2, 0.25) is 17.7 Å². The van der Waals surface area contributed by atoms with Crippen LogP contribution in [0.4, 0.5) is 0 Å². The molecule has 1 aromatic rings. The van der Waals surface area contributed by atoms with Crippen LogP contribution in [-0.4, -0.2) is 71.7 Å². The highest BCUT2D eigenvalue weighted by Gasteiger charge is 2.41. The zero-order valence-corrected chi connectivity index (χ0v) is 26.4. The molecule has 39 heavy (non-hydrogen) atoms. The Morgan fingerprint density at radius 1 is 1.08 bits per heavy atom. The summed E-state index contributed by atoms with van der Waals surface area (Å²) >= 11 is 4.55. The number of amides is 3. The molecule has 2 rings (SSSR count). The van der Waals surface area contributed by atoms with Gasteiger partial charge in [-0.05, 0) is 43.7 Å². The topological polar surface area (TPSA) is 81.8 Å². The summed E-state index contributed by atoms with van der Waals surface area (Å²) in [6.45, 7) is 16.5. The van der Waals surface area contributed by atoms with E-state index in [0.717, 1.165) is 18.4 Å². The van der Waals surface area contributed by atoms with E-state index in [1.54, 1.807) is 30.8 Å². The fourth-order valence-electron chi connectivity index (χ4n) is 5.37. The number of likely N-dealkylation sites (N-methyl/N-ethyl adjacent to an activating group) is 2. The lowest BCUT2D eigenvalue weighted by Crippen LogP contribution is -2.61. The van der Waals surface area contributed by atoms with Crippen LogP contribution in [0.5, 0.6) is 0 Å². The highest BCUT2D eigenvalue weighted by atomic mass is 32.1. The monoisotopic (exact) mass is 558 g/mol. The molecule has 0 aromatic heterocycles. The maximum absolute atomic E-state index is 14.0. The van der Waals surface area contributed by atoms with Crippen molar-refractivity contribution in [2.24, 2.45) is 11.3 Å². The molecule has 3 amide bonds. The first kappa shape index (κ1) is 32.9. The van der Waals surface area contributed by atoms with E-state index in [-0.39, 0.29) is 35.1 Å². The summed E-state index contributed by atoms with van der Waals surface area (Å²) in [5.41, 5.74) is 0.576. The molecule has 0 spiro atoms.